The van der Waals surface area contributed by atoms with Gasteiger partial charge in [0.05, 0.1) is 16.3 Å². The van der Waals surface area contributed by atoms with Crippen molar-refractivity contribution in [1.29, 1.82) is 5.41 Å². The number of aromatic nitrogens is 3. The Morgan fingerprint density at radius 2 is 1.92 bits per heavy atom. The number of carboxylic acid groups (broad SMARTS) is 1. The second-order valence-corrected chi connectivity index (χ2v) is 5.69. The van der Waals surface area contributed by atoms with Gasteiger partial charge < -0.3 is 10.4 Å². The molecule has 2 aromatic heterocycles. The Kier molecular flexibility index (Phi) is 5.19. The number of hydrogen-bond acceptors (Lipinski definition) is 6. The summed E-state index contributed by atoms with van der Waals surface area (Å²) in [5.41, 5.74) is 2.03. The minimum atomic E-state index is -1.06. The summed E-state index contributed by atoms with van der Waals surface area (Å²) in [6.07, 6.45) is 3.13. The molecule has 0 bridgehead atoms. The van der Waals surface area contributed by atoms with E-state index < -0.39 is 5.97 Å². The highest BCUT2D eigenvalue weighted by molar-refractivity contribution is 6.38. The monoisotopic (exact) mass is 367 g/mol. The number of nitrogens with zero attached hydrogens (tertiary/aromatic N) is 3. The van der Waals surface area contributed by atoms with Crippen molar-refractivity contribution in [3.05, 3.63) is 71.0 Å². The first-order valence-electron chi connectivity index (χ1n) is 7.64. The van der Waals surface area contributed by atoms with E-state index in [1.807, 2.05) is 30.3 Å². The van der Waals surface area contributed by atoms with Crippen LogP contribution in [0.5, 0.6) is 0 Å². The van der Waals surface area contributed by atoms with Crippen molar-refractivity contribution in [3.8, 4) is 11.3 Å². The number of carboxylic acids is 1. The molecule has 0 unspecified atom stereocenters. The zero-order chi connectivity index (χ0) is 18.5. The summed E-state index contributed by atoms with van der Waals surface area (Å²) < 4.78 is 0. The lowest BCUT2D eigenvalue weighted by Gasteiger charge is -2.14. The summed E-state index contributed by atoms with van der Waals surface area (Å²) in [5.74, 6) is -0.931. The SMILES string of the molecule is N=C(c1cccnc1)c1c(NCC(=O)O)nnc(-c2ccccc2)c1Cl. The van der Waals surface area contributed by atoms with E-state index in [4.69, 9.17) is 22.1 Å². The molecule has 0 fully saturated rings. The zero-order valence-electron chi connectivity index (χ0n) is 13.5. The van der Waals surface area contributed by atoms with Crippen LogP contribution in [0, 0.1) is 5.41 Å². The molecule has 3 rings (SSSR count). The van der Waals surface area contributed by atoms with Gasteiger partial charge in [0.15, 0.2) is 5.82 Å². The van der Waals surface area contributed by atoms with Crippen LogP contribution < -0.4 is 5.32 Å². The maximum atomic E-state index is 10.9. The van der Waals surface area contributed by atoms with Crippen LogP contribution in [0.4, 0.5) is 5.82 Å². The molecule has 0 atom stereocenters. The second-order valence-electron chi connectivity index (χ2n) is 5.32. The highest BCUT2D eigenvalue weighted by Crippen LogP contribution is 2.33. The number of pyridine rings is 1. The number of rotatable bonds is 6. The van der Waals surface area contributed by atoms with Gasteiger partial charge >= 0.3 is 5.97 Å². The Bertz CT molecular complexity index is 949. The molecule has 26 heavy (non-hydrogen) atoms. The Balaban J connectivity index is 2.13. The molecule has 0 aliphatic rings. The summed E-state index contributed by atoms with van der Waals surface area (Å²) in [4.78, 5) is 14.9. The van der Waals surface area contributed by atoms with E-state index in [9.17, 15) is 4.79 Å². The smallest absolute Gasteiger partial charge is 0.322 e. The van der Waals surface area contributed by atoms with Crippen LogP contribution >= 0.6 is 11.6 Å². The third kappa shape index (κ3) is 3.68. The lowest BCUT2D eigenvalue weighted by Crippen LogP contribution is -2.18. The highest BCUT2D eigenvalue weighted by atomic mass is 35.5. The molecule has 8 heteroatoms. The average molecular weight is 368 g/mol. The first-order chi connectivity index (χ1) is 12.6. The number of nitrogens with one attached hydrogen (secondary N) is 2. The van der Waals surface area contributed by atoms with Crippen molar-refractivity contribution in [1.82, 2.24) is 15.2 Å². The molecule has 3 N–H and O–H groups in total. The highest BCUT2D eigenvalue weighted by Gasteiger charge is 2.21. The van der Waals surface area contributed by atoms with Gasteiger partial charge in [-0.1, -0.05) is 41.9 Å². The van der Waals surface area contributed by atoms with E-state index in [1.165, 1.54) is 6.20 Å². The standard InChI is InChI=1S/C18H14ClN5O2/c19-15-14(16(20)12-7-4-8-21-9-12)18(22-10-13(25)26)24-23-17(15)11-5-2-1-3-6-11/h1-9,20H,10H2,(H,22,24)(H,25,26). The molecule has 3 aromatic rings. The fraction of sp³-hybridized carbons (Fsp3) is 0.0556. The van der Waals surface area contributed by atoms with E-state index in [2.05, 4.69) is 20.5 Å². The van der Waals surface area contributed by atoms with E-state index in [-0.39, 0.29) is 28.7 Å². The van der Waals surface area contributed by atoms with E-state index >= 15 is 0 Å². The van der Waals surface area contributed by atoms with Crippen LogP contribution in [-0.4, -0.2) is 38.5 Å². The van der Waals surface area contributed by atoms with E-state index in [0.29, 0.717) is 11.3 Å². The number of halogens is 1. The van der Waals surface area contributed by atoms with Gasteiger partial charge in [-0.2, -0.15) is 0 Å². The predicted molar refractivity (Wildman–Crippen MR) is 98.8 cm³/mol. The Hall–Kier alpha value is -3.32. The third-order valence-corrected chi connectivity index (χ3v) is 3.94. The molecule has 7 nitrogen and oxygen atoms in total. The molecule has 2 heterocycles. The molecule has 0 aliphatic carbocycles. The first kappa shape index (κ1) is 17.5. The largest absolute Gasteiger partial charge is 0.480 e. The molecular weight excluding hydrogens is 354 g/mol. The molecular formula is C18H14ClN5O2. The van der Waals surface area contributed by atoms with Gasteiger partial charge in [0.2, 0.25) is 0 Å². The van der Waals surface area contributed by atoms with Crippen LogP contribution in [0.25, 0.3) is 11.3 Å². The summed E-state index contributed by atoms with van der Waals surface area (Å²) in [6.45, 7) is -0.372. The number of aliphatic carboxylic acids is 1. The molecule has 130 valence electrons. The summed E-state index contributed by atoms with van der Waals surface area (Å²) in [5, 5.41) is 28.5. The lowest BCUT2D eigenvalue weighted by molar-refractivity contribution is -0.134. The van der Waals surface area contributed by atoms with Gasteiger partial charge in [0, 0.05) is 23.5 Å². The van der Waals surface area contributed by atoms with Crippen LogP contribution in [0.15, 0.2) is 54.9 Å². The first-order valence-corrected chi connectivity index (χ1v) is 8.02. The van der Waals surface area contributed by atoms with Gasteiger partial charge in [-0.3, -0.25) is 15.2 Å². The van der Waals surface area contributed by atoms with Crippen molar-refractivity contribution in [2.24, 2.45) is 0 Å². The second kappa shape index (κ2) is 7.71. The normalized spacial score (nSPS) is 10.3. The van der Waals surface area contributed by atoms with Gasteiger partial charge in [-0.15, -0.1) is 10.2 Å². The van der Waals surface area contributed by atoms with Gasteiger partial charge in [-0.25, -0.2) is 0 Å². The van der Waals surface area contributed by atoms with Crippen LogP contribution in [0.2, 0.25) is 5.02 Å². The third-order valence-electron chi connectivity index (χ3n) is 3.57. The number of hydrogen-bond donors (Lipinski definition) is 3. The van der Waals surface area contributed by atoms with E-state index in [0.717, 1.165) is 5.56 Å². The maximum absolute atomic E-state index is 10.9. The quantitative estimate of drug-likeness (QED) is 0.577. The molecule has 0 saturated heterocycles. The van der Waals surface area contributed by atoms with Crippen LogP contribution in [0.1, 0.15) is 11.1 Å². The van der Waals surface area contributed by atoms with E-state index in [1.54, 1.807) is 18.3 Å². The van der Waals surface area contributed by atoms with Crippen LogP contribution in [0.3, 0.4) is 0 Å². The molecule has 0 saturated carbocycles. The summed E-state index contributed by atoms with van der Waals surface area (Å²) in [7, 11) is 0. The zero-order valence-corrected chi connectivity index (χ0v) is 14.2. The molecule has 0 spiro atoms. The molecule has 0 radical (unpaired) electrons. The van der Waals surface area contributed by atoms with Gasteiger partial charge in [-0.05, 0) is 12.1 Å². The van der Waals surface area contributed by atoms with Crippen molar-refractivity contribution in [3.63, 3.8) is 0 Å². The molecule has 1 aromatic carbocycles. The fourth-order valence-electron chi connectivity index (χ4n) is 2.36. The van der Waals surface area contributed by atoms with Crippen molar-refractivity contribution < 1.29 is 9.90 Å². The topological polar surface area (TPSA) is 112 Å². The lowest BCUT2D eigenvalue weighted by atomic mass is 10.0. The molecule has 0 amide bonds. The van der Waals surface area contributed by atoms with Crippen molar-refractivity contribution in [2.45, 2.75) is 0 Å². The Morgan fingerprint density at radius 1 is 1.15 bits per heavy atom. The van der Waals surface area contributed by atoms with Crippen LogP contribution in [-0.2, 0) is 4.79 Å². The maximum Gasteiger partial charge on any atom is 0.322 e. The van der Waals surface area contributed by atoms with Crippen molar-refractivity contribution >= 4 is 29.1 Å². The summed E-state index contributed by atoms with van der Waals surface area (Å²) in [6, 6.07) is 12.6. The number of anilines is 1. The van der Waals surface area contributed by atoms with Crippen molar-refractivity contribution in [2.75, 3.05) is 11.9 Å². The summed E-state index contributed by atoms with van der Waals surface area (Å²) >= 11 is 6.56. The number of carbonyl (C=O) groups is 1. The predicted octanol–water partition coefficient (Wildman–Crippen LogP) is 3.10. The average Bonchev–Trinajstić information content (AvgIpc) is 2.67. The minimum Gasteiger partial charge on any atom is -0.480 e. The Morgan fingerprint density at radius 3 is 2.58 bits per heavy atom. The van der Waals surface area contributed by atoms with Gasteiger partial charge in [0.25, 0.3) is 0 Å². The number of benzene rings is 1. The van der Waals surface area contributed by atoms with Gasteiger partial charge in [0.1, 0.15) is 12.2 Å². The Labute approximate surface area is 154 Å². The molecule has 0 aliphatic heterocycles. The fourth-order valence-corrected chi connectivity index (χ4v) is 2.69. The minimum absolute atomic E-state index is 0.0723.